The zero-order chi connectivity index (χ0) is 17.9. The van der Waals surface area contributed by atoms with E-state index in [1.54, 1.807) is 18.8 Å². The quantitative estimate of drug-likeness (QED) is 0.885. The Bertz CT molecular complexity index is 736. The Labute approximate surface area is 146 Å². The van der Waals surface area contributed by atoms with Gasteiger partial charge in [0.1, 0.15) is 17.0 Å². The van der Waals surface area contributed by atoms with E-state index in [0.717, 1.165) is 31.4 Å². The summed E-state index contributed by atoms with van der Waals surface area (Å²) in [6, 6.07) is 7.34. The predicted octanol–water partition coefficient (Wildman–Crippen LogP) is 2.01. The van der Waals surface area contributed by atoms with Crippen LogP contribution in [0.25, 0.3) is 5.69 Å². The van der Waals surface area contributed by atoms with Gasteiger partial charge in [0.15, 0.2) is 5.82 Å². The highest BCUT2D eigenvalue weighted by Crippen LogP contribution is 2.39. The summed E-state index contributed by atoms with van der Waals surface area (Å²) in [5.74, 6) is 1.93. The van der Waals surface area contributed by atoms with Gasteiger partial charge in [0.2, 0.25) is 0 Å². The molecule has 134 valence electrons. The van der Waals surface area contributed by atoms with Crippen molar-refractivity contribution in [2.24, 2.45) is 5.92 Å². The first-order valence-electron chi connectivity index (χ1n) is 8.52. The van der Waals surface area contributed by atoms with Gasteiger partial charge in [-0.25, -0.2) is 4.79 Å². The molecule has 0 unspecified atom stereocenters. The van der Waals surface area contributed by atoms with Crippen LogP contribution in [0, 0.1) is 5.92 Å². The second-order valence-corrected chi connectivity index (χ2v) is 6.55. The molecule has 1 aliphatic carbocycles. The average molecular weight is 344 g/mol. The average Bonchev–Trinajstić information content (AvgIpc) is 3.14. The molecule has 0 aliphatic heterocycles. The summed E-state index contributed by atoms with van der Waals surface area (Å²) in [6.07, 6.45) is 3.58. The van der Waals surface area contributed by atoms with Crippen LogP contribution in [0.4, 0.5) is 4.79 Å². The van der Waals surface area contributed by atoms with E-state index in [0.29, 0.717) is 17.5 Å². The van der Waals surface area contributed by atoms with Gasteiger partial charge >= 0.3 is 6.03 Å². The number of nitrogens with one attached hydrogen (secondary N) is 2. The van der Waals surface area contributed by atoms with E-state index in [4.69, 9.17) is 4.74 Å². The summed E-state index contributed by atoms with van der Waals surface area (Å²) in [5.41, 5.74) is 0.151. The minimum absolute atomic E-state index is 0.232. The van der Waals surface area contributed by atoms with Gasteiger partial charge in [-0.1, -0.05) is 19.1 Å². The van der Waals surface area contributed by atoms with Gasteiger partial charge in [0.25, 0.3) is 0 Å². The molecule has 2 aromatic rings. The van der Waals surface area contributed by atoms with Crippen LogP contribution >= 0.6 is 0 Å². The van der Waals surface area contributed by atoms with Crippen molar-refractivity contribution < 1.29 is 9.53 Å². The van der Waals surface area contributed by atoms with Crippen LogP contribution in [0.3, 0.4) is 0 Å². The number of methoxy groups -OCH3 is 1. The summed E-state index contributed by atoms with van der Waals surface area (Å²) >= 11 is 0. The number of carbonyl (C=O) groups is 1. The second kappa shape index (κ2) is 7.08. The van der Waals surface area contributed by atoms with Crippen molar-refractivity contribution in [3.63, 3.8) is 0 Å². The normalized spacial score (nSPS) is 23.1. The molecule has 1 fully saturated rings. The van der Waals surface area contributed by atoms with Gasteiger partial charge < -0.3 is 15.4 Å². The number of hydrogen-bond acceptors (Lipinski definition) is 5. The molecule has 1 aromatic carbocycles. The molecule has 3 rings (SSSR count). The molecule has 8 nitrogen and oxygen atoms in total. The monoisotopic (exact) mass is 344 g/mol. The van der Waals surface area contributed by atoms with Crippen molar-refractivity contribution in [2.75, 3.05) is 14.2 Å². The zero-order valence-corrected chi connectivity index (χ0v) is 14.8. The molecular formula is C17H24N6O2. The number of tetrazole rings is 1. The summed E-state index contributed by atoms with van der Waals surface area (Å²) in [4.78, 5) is 12.1. The lowest BCUT2D eigenvalue weighted by Gasteiger charge is -2.38. The molecule has 0 radical (unpaired) electrons. The van der Waals surface area contributed by atoms with Crippen molar-refractivity contribution in [1.29, 1.82) is 0 Å². The van der Waals surface area contributed by atoms with E-state index in [1.165, 1.54) is 0 Å². The largest absolute Gasteiger partial charge is 0.494 e. The summed E-state index contributed by atoms with van der Waals surface area (Å²) in [6.45, 7) is 2.23. The van der Waals surface area contributed by atoms with Crippen LogP contribution in [-0.2, 0) is 5.54 Å². The number of carbonyl (C=O) groups excluding carboxylic acids is 1. The SMILES string of the molecule is CNC(=O)NC1(c2nnnn2-c2ccccc2OC)CCC(C)CC1. The Morgan fingerprint density at radius 1 is 1.32 bits per heavy atom. The van der Waals surface area contributed by atoms with Crippen molar-refractivity contribution >= 4 is 6.03 Å². The maximum atomic E-state index is 12.1. The number of benzene rings is 1. The van der Waals surface area contributed by atoms with Crippen LogP contribution < -0.4 is 15.4 Å². The molecule has 1 saturated carbocycles. The van der Waals surface area contributed by atoms with Crippen molar-refractivity contribution in [2.45, 2.75) is 38.1 Å². The molecule has 0 spiro atoms. The maximum Gasteiger partial charge on any atom is 0.315 e. The molecule has 8 heteroatoms. The second-order valence-electron chi connectivity index (χ2n) is 6.55. The highest BCUT2D eigenvalue weighted by atomic mass is 16.5. The molecule has 0 bridgehead atoms. The lowest BCUT2D eigenvalue weighted by atomic mass is 9.76. The van der Waals surface area contributed by atoms with Gasteiger partial charge in [-0.05, 0) is 54.2 Å². The zero-order valence-electron chi connectivity index (χ0n) is 14.8. The van der Waals surface area contributed by atoms with E-state index < -0.39 is 5.54 Å². The standard InChI is InChI=1S/C17H24N6O2/c1-12-8-10-17(11-9-12,19-16(24)18-2)15-20-21-22-23(15)13-6-4-5-7-14(13)25-3/h4-7,12H,8-11H2,1-3H3,(H2,18,19,24). The minimum atomic E-state index is -0.600. The van der Waals surface area contributed by atoms with E-state index >= 15 is 0 Å². The Hall–Kier alpha value is -2.64. The van der Waals surface area contributed by atoms with Crippen LogP contribution in [0.2, 0.25) is 0 Å². The number of ether oxygens (including phenoxy) is 1. The first-order valence-corrected chi connectivity index (χ1v) is 8.52. The third-order valence-electron chi connectivity index (χ3n) is 4.92. The van der Waals surface area contributed by atoms with Crippen LogP contribution in [0.5, 0.6) is 5.75 Å². The number of rotatable bonds is 4. The number of para-hydroxylation sites is 2. The highest BCUT2D eigenvalue weighted by Gasteiger charge is 2.42. The number of nitrogens with zero attached hydrogens (tertiary/aromatic N) is 4. The fraction of sp³-hybridized carbons (Fsp3) is 0.529. The van der Waals surface area contributed by atoms with Gasteiger partial charge in [-0.2, -0.15) is 4.68 Å². The maximum absolute atomic E-state index is 12.1. The van der Waals surface area contributed by atoms with E-state index in [1.807, 2.05) is 24.3 Å². The molecule has 1 aliphatic rings. The Morgan fingerprint density at radius 2 is 2.04 bits per heavy atom. The summed E-state index contributed by atoms with van der Waals surface area (Å²) in [5, 5.41) is 18.1. The van der Waals surface area contributed by atoms with E-state index in [9.17, 15) is 4.79 Å². The molecule has 1 aromatic heterocycles. The first kappa shape index (κ1) is 17.2. The predicted molar refractivity (Wildman–Crippen MR) is 92.6 cm³/mol. The van der Waals surface area contributed by atoms with Crippen molar-refractivity contribution in [3.05, 3.63) is 30.1 Å². The fourth-order valence-corrected chi connectivity index (χ4v) is 3.39. The molecule has 0 atom stereocenters. The number of amides is 2. The third kappa shape index (κ3) is 3.29. The number of aromatic nitrogens is 4. The smallest absolute Gasteiger partial charge is 0.315 e. The van der Waals surface area contributed by atoms with Gasteiger partial charge in [0, 0.05) is 7.05 Å². The molecule has 0 saturated heterocycles. The molecular weight excluding hydrogens is 320 g/mol. The highest BCUT2D eigenvalue weighted by molar-refractivity contribution is 5.74. The van der Waals surface area contributed by atoms with Gasteiger partial charge in [-0.15, -0.1) is 5.10 Å². The molecule has 1 heterocycles. The lowest BCUT2D eigenvalue weighted by molar-refractivity contribution is 0.177. The van der Waals surface area contributed by atoms with Gasteiger partial charge in [-0.3, -0.25) is 0 Å². The third-order valence-corrected chi connectivity index (χ3v) is 4.92. The Balaban J connectivity index is 2.06. The lowest BCUT2D eigenvalue weighted by Crippen LogP contribution is -2.52. The van der Waals surface area contributed by atoms with Crippen molar-refractivity contribution in [1.82, 2.24) is 30.8 Å². The fourth-order valence-electron chi connectivity index (χ4n) is 3.39. The molecule has 2 N–H and O–H groups in total. The van der Waals surface area contributed by atoms with E-state index in [2.05, 4.69) is 33.1 Å². The topological polar surface area (TPSA) is 94.0 Å². The Kier molecular flexibility index (Phi) is 4.87. The first-order chi connectivity index (χ1) is 12.1. The minimum Gasteiger partial charge on any atom is -0.494 e. The van der Waals surface area contributed by atoms with Crippen LogP contribution in [-0.4, -0.2) is 40.4 Å². The summed E-state index contributed by atoms with van der Waals surface area (Å²) in [7, 11) is 3.22. The van der Waals surface area contributed by atoms with Crippen molar-refractivity contribution in [3.8, 4) is 11.4 Å². The number of urea groups is 1. The Morgan fingerprint density at radius 3 is 2.72 bits per heavy atom. The van der Waals surface area contributed by atoms with Crippen LogP contribution in [0.15, 0.2) is 24.3 Å². The molecule has 2 amide bonds. The summed E-state index contributed by atoms with van der Waals surface area (Å²) < 4.78 is 7.12. The van der Waals surface area contributed by atoms with E-state index in [-0.39, 0.29) is 6.03 Å². The number of hydrogen-bond donors (Lipinski definition) is 2. The molecule has 25 heavy (non-hydrogen) atoms. The van der Waals surface area contributed by atoms with Gasteiger partial charge in [0.05, 0.1) is 7.11 Å². The van der Waals surface area contributed by atoms with Crippen LogP contribution in [0.1, 0.15) is 38.4 Å².